The van der Waals surface area contributed by atoms with E-state index in [4.69, 9.17) is 9.47 Å². The second-order valence-electron chi connectivity index (χ2n) is 6.20. The molecule has 2 unspecified atom stereocenters. The van der Waals surface area contributed by atoms with Crippen molar-refractivity contribution >= 4 is 0 Å². The van der Waals surface area contributed by atoms with E-state index in [1.54, 1.807) is 13.2 Å². The van der Waals surface area contributed by atoms with Crippen LogP contribution < -0.4 is 15.0 Å². The van der Waals surface area contributed by atoms with E-state index in [1.807, 2.05) is 12.1 Å². The van der Waals surface area contributed by atoms with Gasteiger partial charge in [-0.3, -0.25) is 9.69 Å². The van der Waals surface area contributed by atoms with Gasteiger partial charge < -0.3 is 14.5 Å². The van der Waals surface area contributed by atoms with Crippen molar-refractivity contribution in [3.63, 3.8) is 0 Å². The number of methoxy groups -OCH3 is 1. The monoisotopic (exact) mass is 328 g/mol. The van der Waals surface area contributed by atoms with E-state index in [0.29, 0.717) is 0 Å². The Morgan fingerprint density at radius 1 is 1.25 bits per heavy atom. The number of aromatic amines is 1. The Labute approximate surface area is 142 Å². The Morgan fingerprint density at radius 3 is 2.67 bits per heavy atom. The van der Waals surface area contributed by atoms with Crippen LogP contribution in [0.5, 0.6) is 11.5 Å². The molecular formula is C19H24N2O3. The number of rotatable bonds is 4. The zero-order valence-electron chi connectivity index (χ0n) is 14.4. The van der Waals surface area contributed by atoms with Crippen LogP contribution in [0.25, 0.3) is 0 Å². The molecule has 0 radical (unpaired) electrons. The number of fused-ring (bicyclic) bond motifs is 1. The molecule has 3 rings (SSSR count). The third-order valence-corrected chi connectivity index (χ3v) is 4.61. The Morgan fingerprint density at radius 2 is 2.00 bits per heavy atom. The molecule has 0 fully saturated rings. The highest BCUT2D eigenvalue weighted by molar-refractivity contribution is 5.31. The van der Waals surface area contributed by atoms with Gasteiger partial charge in [0.15, 0.2) is 0 Å². The number of nitrogens with one attached hydrogen (secondary N) is 1. The molecule has 1 aliphatic heterocycles. The molecule has 5 nitrogen and oxygen atoms in total. The number of hydrogen-bond donors (Lipinski definition) is 1. The van der Waals surface area contributed by atoms with Crippen LogP contribution in [-0.2, 0) is 6.54 Å². The van der Waals surface area contributed by atoms with Crippen LogP contribution in [0.2, 0.25) is 0 Å². The van der Waals surface area contributed by atoms with E-state index in [9.17, 15) is 4.79 Å². The van der Waals surface area contributed by atoms with E-state index < -0.39 is 0 Å². The minimum absolute atomic E-state index is 0.0764. The van der Waals surface area contributed by atoms with Gasteiger partial charge in [-0.1, -0.05) is 19.1 Å². The van der Waals surface area contributed by atoms with Gasteiger partial charge in [0.2, 0.25) is 5.56 Å². The van der Waals surface area contributed by atoms with Gasteiger partial charge in [-0.2, -0.15) is 0 Å². The molecule has 1 aromatic carbocycles. The summed E-state index contributed by atoms with van der Waals surface area (Å²) in [6, 6.07) is 11.5. The summed E-state index contributed by atoms with van der Waals surface area (Å²) in [6.45, 7) is 5.85. The molecule has 24 heavy (non-hydrogen) atoms. The van der Waals surface area contributed by atoms with E-state index >= 15 is 0 Å². The molecule has 0 spiro atoms. The summed E-state index contributed by atoms with van der Waals surface area (Å²) in [4.78, 5) is 17.0. The first-order chi connectivity index (χ1) is 11.6. The molecule has 2 atom stereocenters. The zero-order valence-corrected chi connectivity index (χ0v) is 14.4. The average molecular weight is 328 g/mol. The molecule has 1 N–H and O–H groups in total. The van der Waals surface area contributed by atoms with Crippen LogP contribution in [0.15, 0.2) is 41.2 Å². The highest BCUT2D eigenvalue weighted by Gasteiger charge is 2.28. The molecule has 5 heteroatoms. The second-order valence-corrected chi connectivity index (χ2v) is 6.20. The highest BCUT2D eigenvalue weighted by atomic mass is 16.5. The largest absolute Gasteiger partial charge is 0.497 e. The predicted molar refractivity (Wildman–Crippen MR) is 93.6 cm³/mol. The number of pyridine rings is 1. The Hall–Kier alpha value is -2.27. The second kappa shape index (κ2) is 7.09. The number of aromatic nitrogens is 1. The lowest BCUT2D eigenvalue weighted by Gasteiger charge is -2.28. The van der Waals surface area contributed by atoms with Gasteiger partial charge in [0.25, 0.3) is 0 Å². The first kappa shape index (κ1) is 16.6. The van der Waals surface area contributed by atoms with Crippen LogP contribution in [0.3, 0.4) is 0 Å². The van der Waals surface area contributed by atoms with Crippen molar-refractivity contribution in [3.05, 3.63) is 58.0 Å². The topological polar surface area (TPSA) is 54.6 Å². The Kier molecular flexibility index (Phi) is 4.90. The smallest absolute Gasteiger partial charge is 0.248 e. The van der Waals surface area contributed by atoms with Crippen LogP contribution in [0.1, 0.15) is 37.6 Å². The summed E-state index contributed by atoms with van der Waals surface area (Å²) in [7, 11) is 1.67. The first-order valence-corrected chi connectivity index (χ1v) is 8.37. The molecule has 1 aliphatic rings. The molecule has 0 amide bonds. The van der Waals surface area contributed by atoms with E-state index in [-0.39, 0.29) is 17.7 Å². The standard InChI is InChI=1S/C19H24N2O3/c1-4-15-12-21(11-14-5-7-16(23-3)8-6-14)13(2)19-17(24-15)9-10-18(22)20-19/h5-10,13,15H,4,11-12H2,1-3H3,(H,20,22). The maximum atomic E-state index is 11.7. The number of ether oxygens (including phenoxy) is 2. The molecule has 0 saturated heterocycles. The lowest BCUT2D eigenvalue weighted by Crippen LogP contribution is -2.34. The lowest BCUT2D eigenvalue weighted by atomic mass is 10.1. The fourth-order valence-corrected chi connectivity index (χ4v) is 3.09. The third-order valence-electron chi connectivity index (χ3n) is 4.61. The van der Waals surface area contributed by atoms with Gasteiger partial charge in [0, 0.05) is 19.2 Å². The summed E-state index contributed by atoms with van der Waals surface area (Å²) in [5.41, 5.74) is 1.97. The fourth-order valence-electron chi connectivity index (χ4n) is 3.09. The van der Waals surface area contributed by atoms with Gasteiger partial charge in [-0.25, -0.2) is 0 Å². The molecule has 0 saturated carbocycles. The van der Waals surface area contributed by atoms with Gasteiger partial charge in [-0.05, 0) is 37.1 Å². The summed E-state index contributed by atoms with van der Waals surface area (Å²) >= 11 is 0. The Bertz CT molecular complexity index is 739. The molecule has 128 valence electrons. The summed E-state index contributed by atoms with van der Waals surface area (Å²) in [5.74, 6) is 1.64. The maximum absolute atomic E-state index is 11.7. The summed E-state index contributed by atoms with van der Waals surface area (Å²) < 4.78 is 11.3. The predicted octanol–water partition coefficient (Wildman–Crippen LogP) is 3.12. The van der Waals surface area contributed by atoms with E-state index in [0.717, 1.165) is 36.7 Å². The van der Waals surface area contributed by atoms with E-state index in [2.05, 4.69) is 35.9 Å². The minimum atomic E-state index is -0.0939. The first-order valence-electron chi connectivity index (χ1n) is 8.37. The van der Waals surface area contributed by atoms with Crippen molar-refractivity contribution in [2.45, 2.75) is 39.0 Å². The average Bonchev–Trinajstić information content (AvgIpc) is 2.73. The van der Waals surface area contributed by atoms with Gasteiger partial charge in [-0.15, -0.1) is 0 Å². The van der Waals surface area contributed by atoms with Crippen LogP contribution in [-0.4, -0.2) is 29.6 Å². The molecule has 0 aliphatic carbocycles. The molecule has 1 aromatic heterocycles. The van der Waals surface area contributed by atoms with Crippen LogP contribution >= 0.6 is 0 Å². The summed E-state index contributed by atoms with van der Waals surface area (Å²) in [6.07, 6.45) is 1.03. The Balaban J connectivity index is 1.89. The van der Waals surface area contributed by atoms with Crippen molar-refractivity contribution in [2.75, 3.05) is 13.7 Å². The van der Waals surface area contributed by atoms with Crippen molar-refractivity contribution in [2.24, 2.45) is 0 Å². The number of hydrogen-bond acceptors (Lipinski definition) is 4. The zero-order chi connectivity index (χ0) is 17.1. The van der Waals surface area contributed by atoms with Crippen molar-refractivity contribution in [3.8, 4) is 11.5 Å². The van der Waals surface area contributed by atoms with Gasteiger partial charge in [0.1, 0.15) is 17.6 Å². The van der Waals surface area contributed by atoms with Crippen LogP contribution in [0, 0.1) is 0 Å². The summed E-state index contributed by atoms with van der Waals surface area (Å²) in [5, 5.41) is 0. The van der Waals surface area contributed by atoms with Crippen LogP contribution in [0.4, 0.5) is 0 Å². The molecular weight excluding hydrogens is 304 g/mol. The fraction of sp³-hybridized carbons (Fsp3) is 0.421. The van der Waals surface area contributed by atoms with Gasteiger partial charge in [0.05, 0.1) is 18.8 Å². The molecule has 0 bridgehead atoms. The number of nitrogens with zero attached hydrogens (tertiary/aromatic N) is 1. The normalized spacial score (nSPS) is 20.8. The lowest BCUT2D eigenvalue weighted by molar-refractivity contribution is 0.121. The number of benzene rings is 1. The quantitative estimate of drug-likeness (QED) is 0.937. The van der Waals surface area contributed by atoms with E-state index in [1.165, 1.54) is 11.6 Å². The molecule has 2 heterocycles. The van der Waals surface area contributed by atoms with Gasteiger partial charge >= 0.3 is 0 Å². The minimum Gasteiger partial charge on any atom is -0.497 e. The number of H-pyrrole nitrogens is 1. The van der Waals surface area contributed by atoms with Crippen molar-refractivity contribution in [1.29, 1.82) is 0 Å². The third kappa shape index (κ3) is 3.46. The highest BCUT2D eigenvalue weighted by Crippen LogP contribution is 2.32. The van der Waals surface area contributed by atoms with Crippen molar-refractivity contribution in [1.82, 2.24) is 9.88 Å². The maximum Gasteiger partial charge on any atom is 0.248 e. The SMILES string of the molecule is CCC1CN(Cc2ccc(OC)cc2)C(C)c2[nH]c(=O)ccc2O1. The molecule has 2 aromatic rings. The van der Waals surface area contributed by atoms with Crippen molar-refractivity contribution < 1.29 is 9.47 Å².